The fourth-order valence-corrected chi connectivity index (χ4v) is 1.87. The van der Waals surface area contributed by atoms with Crippen LogP contribution in [0.1, 0.15) is 30.2 Å². The summed E-state index contributed by atoms with van der Waals surface area (Å²) in [6, 6.07) is -0.170. The number of hydrogen-bond acceptors (Lipinski definition) is 4. The van der Waals surface area contributed by atoms with Crippen LogP contribution in [0.3, 0.4) is 0 Å². The third kappa shape index (κ3) is 2.75. The molecule has 19 heavy (non-hydrogen) atoms. The fourth-order valence-electron chi connectivity index (χ4n) is 1.87. The minimum absolute atomic E-state index is 0.130. The first-order valence-electron chi connectivity index (χ1n) is 6.07. The Morgan fingerprint density at radius 3 is 2.84 bits per heavy atom. The van der Waals surface area contributed by atoms with Crippen LogP contribution in [0.5, 0.6) is 0 Å². The molecule has 0 aromatic carbocycles. The van der Waals surface area contributed by atoms with E-state index in [0.717, 1.165) is 17.2 Å². The van der Waals surface area contributed by atoms with Crippen molar-refractivity contribution in [3.8, 4) is 0 Å². The smallest absolute Gasteiger partial charge is 0.242 e. The average Bonchev–Trinajstić information content (AvgIpc) is 2.96. The van der Waals surface area contributed by atoms with E-state index in [0.29, 0.717) is 5.69 Å². The zero-order valence-electron chi connectivity index (χ0n) is 11.3. The number of nitrogens with one attached hydrogen (secondary N) is 2. The zero-order chi connectivity index (χ0) is 14.0. The second-order valence-electron chi connectivity index (χ2n) is 4.51. The Morgan fingerprint density at radius 1 is 1.58 bits per heavy atom. The number of carbonyl (C=O) groups excluding carboxylic acids is 1. The number of anilines is 1. The van der Waals surface area contributed by atoms with Crippen molar-refractivity contribution in [2.45, 2.75) is 33.4 Å². The molecule has 2 aromatic rings. The fraction of sp³-hybridized carbons (Fsp3) is 0.417. The van der Waals surface area contributed by atoms with E-state index in [1.54, 1.807) is 17.1 Å². The molecule has 0 saturated heterocycles. The van der Waals surface area contributed by atoms with Gasteiger partial charge in [0, 0.05) is 12.4 Å². The number of imidazole rings is 1. The molecule has 7 nitrogen and oxygen atoms in total. The summed E-state index contributed by atoms with van der Waals surface area (Å²) in [4.78, 5) is 19.0. The minimum atomic E-state index is -0.170. The molecule has 0 fully saturated rings. The standard InChI is InChI=1S/C12H18N6O/c1-7-11(13)9(3)18(17-7)6-10(19)16-8(2)12-14-4-5-15-12/h4-5,8H,6,13H2,1-3H3,(H,14,15)(H,16,19). The summed E-state index contributed by atoms with van der Waals surface area (Å²) < 4.78 is 1.61. The van der Waals surface area contributed by atoms with Gasteiger partial charge in [-0.2, -0.15) is 5.10 Å². The van der Waals surface area contributed by atoms with E-state index in [1.165, 1.54) is 0 Å². The molecule has 1 unspecified atom stereocenters. The van der Waals surface area contributed by atoms with Crippen LogP contribution in [0.4, 0.5) is 5.69 Å². The number of aromatic amines is 1. The average molecular weight is 262 g/mol. The molecule has 0 spiro atoms. The van der Waals surface area contributed by atoms with Crippen LogP contribution in [-0.2, 0) is 11.3 Å². The van der Waals surface area contributed by atoms with Crippen molar-refractivity contribution in [1.29, 1.82) is 0 Å². The lowest BCUT2D eigenvalue weighted by atomic mass is 10.3. The van der Waals surface area contributed by atoms with E-state index in [1.807, 2.05) is 20.8 Å². The van der Waals surface area contributed by atoms with Crippen molar-refractivity contribution in [1.82, 2.24) is 25.1 Å². The number of hydrogen-bond donors (Lipinski definition) is 3. The van der Waals surface area contributed by atoms with E-state index >= 15 is 0 Å². The number of aromatic nitrogens is 4. The van der Waals surface area contributed by atoms with Crippen LogP contribution in [0.2, 0.25) is 0 Å². The van der Waals surface area contributed by atoms with Crippen molar-refractivity contribution in [2.24, 2.45) is 0 Å². The lowest BCUT2D eigenvalue weighted by molar-refractivity contribution is -0.122. The van der Waals surface area contributed by atoms with E-state index in [-0.39, 0.29) is 18.5 Å². The van der Waals surface area contributed by atoms with Gasteiger partial charge in [-0.15, -0.1) is 0 Å². The van der Waals surface area contributed by atoms with Gasteiger partial charge >= 0.3 is 0 Å². The summed E-state index contributed by atoms with van der Waals surface area (Å²) in [7, 11) is 0. The van der Waals surface area contributed by atoms with Crippen LogP contribution in [-0.4, -0.2) is 25.7 Å². The van der Waals surface area contributed by atoms with Crippen molar-refractivity contribution in [2.75, 3.05) is 5.73 Å². The summed E-state index contributed by atoms with van der Waals surface area (Å²) in [5.41, 5.74) is 8.00. The molecule has 0 aliphatic heterocycles. The second kappa shape index (κ2) is 5.13. The summed E-state index contributed by atoms with van der Waals surface area (Å²) in [6.45, 7) is 5.68. The van der Waals surface area contributed by atoms with Crippen molar-refractivity contribution in [3.63, 3.8) is 0 Å². The lowest BCUT2D eigenvalue weighted by Crippen LogP contribution is -2.31. The Bertz CT molecular complexity index is 571. The van der Waals surface area contributed by atoms with E-state index in [2.05, 4.69) is 20.4 Å². The predicted molar refractivity (Wildman–Crippen MR) is 71.3 cm³/mol. The Labute approximate surface area is 111 Å². The van der Waals surface area contributed by atoms with Crippen LogP contribution in [0.25, 0.3) is 0 Å². The Morgan fingerprint density at radius 2 is 2.32 bits per heavy atom. The van der Waals surface area contributed by atoms with Crippen LogP contribution < -0.4 is 11.1 Å². The maximum Gasteiger partial charge on any atom is 0.242 e. The second-order valence-corrected chi connectivity index (χ2v) is 4.51. The number of carbonyl (C=O) groups is 1. The molecule has 0 bridgehead atoms. The summed E-state index contributed by atoms with van der Waals surface area (Å²) in [6.07, 6.45) is 3.37. The molecule has 1 atom stereocenters. The lowest BCUT2D eigenvalue weighted by Gasteiger charge is -2.12. The highest BCUT2D eigenvalue weighted by molar-refractivity contribution is 5.76. The molecular weight excluding hydrogens is 244 g/mol. The van der Waals surface area contributed by atoms with Gasteiger partial charge in [0.25, 0.3) is 0 Å². The third-order valence-corrected chi connectivity index (χ3v) is 3.04. The normalized spacial score (nSPS) is 12.4. The molecule has 2 aromatic heterocycles. The molecule has 0 saturated carbocycles. The molecule has 2 rings (SSSR count). The summed E-state index contributed by atoms with van der Waals surface area (Å²) in [5, 5.41) is 7.08. The number of amides is 1. The molecule has 7 heteroatoms. The predicted octanol–water partition coefficient (Wildman–Crippen LogP) is 0.683. The van der Waals surface area contributed by atoms with Crippen molar-refractivity contribution >= 4 is 11.6 Å². The number of nitrogens with zero attached hydrogens (tertiary/aromatic N) is 3. The highest BCUT2D eigenvalue weighted by Gasteiger charge is 2.14. The van der Waals surface area contributed by atoms with Gasteiger partial charge in [-0.1, -0.05) is 0 Å². The van der Waals surface area contributed by atoms with Crippen LogP contribution in [0, 0.1) is 13.8 Å². The van der Waals surface area contributed by atoms with Gasteiger partial charge in [0.05, 0.1) is 23.1 Å². The maximum atomic E-state index is 11.9. The number of aryl methyl sites for hydroxylation is 1. The number of H-pyrrole nitrogens is 1. The minimum Gasteiger partial charge on any atom is -0.396 e. The van der Waals surface area contributed by atoms with E-state index < -0.39 is 0 Å². The molecule has 2 heterocycles. The van der Waals surface area contributed by atoms with E-state index in [9.17, 15) is 4.79 Å². The first-order valence-corrected chi connectivity index (χ1v) is 6.07. The maximum absolute atomic E-state index is 11.9. The quantitative estimate of drug-likeness (QED) is 0.754. The highest BCUT2D eigenvalue weighted by Crippen LogP contribution is 2.14. The Hall–Kier alpha value is -2.31. The number of nitrogen functional groups attached to an aromatic ring is 1. The third-order valence-electron chi connectivity index (χ3n) is 3.04. The van der Waals surface area contributed by atoms with Gasteiger partial charge in [0.2, 0.25) is 5.91 Å². The van der Waals surface area contributed by atoms with Crippen molar-refractivity contribution < 1.29 is 4.79 Å². The van der Waals surface area contributed by atoms with Crippen LogP contribution >= 0.6 is 0 Å². The largest absolute Gasteiger partial charge is 0.396 e. The Kier molecular flexibility index (Phi) is 3.55. The van der Waals surface area contributed by atoms with Gasteiger partial charge in [-0.05, 0) is 20.8 Å². The number of rotatable bonds is 4. The molecule has 4 N–H and O–H groups in total. The Balaban J connectivity index is 2.00. The first-order chi connectivity index (χ1) is 8.99. The van der Waals surface area contributed by atoms with Gasteiger partial charge in [0.1, 0.15) is 12.4 Å². The van der Waals surface area contributed by atoms with Gasteiger partial charge in [0.15, 0.2) is 0 Å². The number of nitrogens with two attached hydrogens (primary N) is 1. The van der Waals surface area contributed by atoms with Gasteiger partial charge in [-0.25, -0.2) is 4.98 Å². The monoisotopic (exact) mass is 262 g/mol. The molecule has 1 amide bonds. The SMILES string of the molecule is Cc1nn(CC(=O)NC(C)c2ncc[nH]2)c(C)c1N. The van der Waals surface area contributed by atoms with E-state index in [4.69, 9.17) is 5.73 Å². The van der Waals surface area contributed by atoms with Gasteiger partial charge in [-0.3, -0.25) is 9.48 Å². The molecular formula is C12H18N6O. The highest BCUT2D eigenvalue weighted by atomic mass is 16.2. The summed E-state index contributed by atoms with van der Waals surface area (Å²) in [5.74, 6) is 0.593. The molecule has 0 radical (unpaired) electrons. The topological polar surface area (TPSA) is 102 Å². The molecule has 0 aliphatic carbocycles. The molecule has 102 valence electrons. The van der Waals surface area contributed by atoms with Crippen LogP contribution in [0.15, 0.2) is 12.4 Å². The zero-order valence-corrected chi connectivity index (χ0v) is 11.3. The molecule has 0 aliphatic rings. The van der Waals surface area contributed by atoms with Gasteiger partial charge < -0.3 is 16.0 Å². The summed E-state index contributed by atoms with van der Waals surface area (Å²) >= 11 is 0. The first kappa shape index (κ1) is 13.1. The van der Waals surface area contributed by atoms with Crippen molar-refractivity contribution in [3.05, 3.63) is 29.6 Å².